The van der Waals surface area contributed by atoms with Crippen molar-refractivity contribution < 1.29 is 0 Å². The third kappa shape index (κ3) is 3.72. The van der Waals surface area contributed by atoms with Gasteiger partial charge in [0.2, 0.25) is 0 Å². The van der Waals surface area contributed by atoms with Crippen LogP contribution < -0.4 is 5.32 Å². The lowest BCUT2D eigenvalue weighted by atomic mass is 10.1. The van der Waals surface area contributed by atoms with Crippen LogP contribution in [0.4, 0.5) is 0 Å². The van der Waals surface area contributed by atoms with Gasteiger partial charge in [0.15, 0.2) is 0 Å². The molecule has 0 unspecified atom stereocenters. The van der Waals surface area contributed by atoms with Crippen LogP contribution in [0.3, 0.4) is 0 Å². The molecule has 1 aliphatic rings. The Balaban J connectivity index is 1.79. The van der Waals surface area contributed by atoms with Crippen LogP contribution in [0.2, 0.25) is 0 Å². The van der Waals surface area contributed by atoms with Gasteiger partial charge in [-0.05, 0) is 30.9 Å². The molecule has 3 heteroatoms. The summed E-state index contributed by atoms with van der Waals surface area (Å²) in [6.07, 6.45) is 3.61. The second kappa shape index (κ2) is 6.29. The summed E-state index contributed by atoms with van der Waals surface area (Å²) in [4.78, 5) is 6.42. The molecule has 2 aromatic rings. The number of nitrogens with zero attached hydrogens (tertiary/aromatic N) is 1. The second-order valence-electron chi connectivity index (χ2n) is 6.33. The summed E-state index contributed by atoms with van der Waals surface area (Å²) in [6.45, 7) is 7.55. The summed E-state index contributed by atoms with van der Waals surface area (Å²) in [6, 6.07) is 9.16. The molecule has 1 aromatic heterocycles. The van der Waals surface area contributed by atoms with Crippen molar-refractivity contribution >= 4 is 11.3 Å². The zero-order valence-corrected chi connectivity index (χ0v) is 14.0. The van der Waals surface area contributed by atoms with Gasteiger partial charge >= 0.3 is 0 Å². The molecule has 0 spiro atoms. The SMILES string of the molecule is Cc1ccccc1Cc1nc(C2CC2)c(CNC(C)C)s1. The Morgan fingerprint density at radius 3 is 2.71 bits per heavy atom. The summed E-state index contributed by atoms with van der Waals surface area (Å²) in [7, 11) is 0. The van der Waals surface area contributed by atoms with Crippen molar-refractivity contribution in [1.82, 2.24) is 10.3 Å². The first-order chi connectivity index (χ1) is 10.1. The quantitative estimate of drug-likeness (QED) is 0.854. The lowest BCUT2D eigenvalue weighted by Gasteiger charge is -2.07. The lowest BCUT2D eigenvalue weighted by Crippen LogP contribution is -2.21. The van der Waals surface area contributed by atoms with Crippen LogP contribution in [0.25, 0.3) is 0 Å². The lowest BCUT2D eigenvalue weighted by molar-refractivity contribution is 0.590. The van der Waals surface area contributed by atoms with Crippen molar-refractivity contribution in [2.45, 2.75) is 58.5 Å². The maximum Gasteiger partial charge on any atom is 0.0975 e. The van der Waals surface area contributed by atoms with Gasteiger partial charge in [-0.25, -0.2) is 4.98 Å². The number of rotatable bonds is 6. The van der Waals surface area contributed by atoms with Gasteiger partial charge in [0.05, 0.1) is 10.7 Å². The molecule has 1 aromatic carbocycles. The van der Waals surface area contributed by atoms with E-state index in [0.29, 0.717) is 6.04 Å². The van der Waals surface area contributed by atoms with Gasteiger partial charge < -0.3 is 5.32 Å². The Labute approximate surface area is 131 Å². The fourth-order valence-corrected chi connectivity index (χ4v) is 3.69. The topological polar surface area (TPSA) is 24.9 Å². The van der Waals surface area contributed by atoms with Crippen molar-refractivity contribution in [3.8, 4) is 0 Å². The molecule has 112 valence electrons. The van der Waals surface area contributed by atoms with Gasteiger partial charge in [-0.15, -0.1) is 11.3 Å². The number of nitrogens with one attached hydrogen (secondary N) is 1. The van der Waals surface area contributed by atoms with E-state index in [1.54, 1.807) is 0 Å². The Morgan fingerprint density at radius 1 is 1.29 bits per heavy atom. The van der Waals surface area contributed by atoms with Crippen molar-refractivity contribution in [2.24, 2.45) is 0 Å². The normalized spacial score (nSPS) is 14.9. The predicted octanol–water partition coefficient (Wildman–Crippen LogP) is 4.42. The Kier molecular flexibility index (Phi) is 4.41. The third-order valence-electron chi connectivity index (χ3n) is 4.01. The molecule has 1 N–H and O–H groups in total. The Bertz CT molecular complexity index is 611. The first kappa shape index (κ1) is 14.7. The highest BCUT2D eigenvalue weighted by molar-refractivity contribution is 7.11. The van der Waals surface area contributed by atoms with E-state index in [9.17, 15) is 0 Å². The van der Waals surface area contributed by atoms with E-state index in [0.717, 1.165) is 18.9 Å². The van der Waals surface area contributed by atoms with Crippen LogP contribution in [-0.2, 0) is 13.0 Å². The van der Waals surface area contributed by atoms with Crippen molar-refractivity contribution in [3.63, 3.8) is 0 Å². The molecule has 2 nitrogen and oxygen atoms in total. The van der Waals surface area contributed by atoms with E-state index < -0.39 is 0 Å². The summed E-state index contributed by atoms with van der Waals surface area (Å²) in [5, 5.41) is 4.81. The van der Waals surface area contributed by atoms with Crippen LogP contribution in [0.5, 0.6) is 0 Å². The van der Waals surface area contributed by atoms with E-state index >= 15 is 0 Å². The molecule has 1 aliphatic carbocycles. The molecule has 3 rings (SSSR count). The number of aryl methyl sites for hydroxylation is 1. The average Bonchev–Trinajstić information content (AvgIpc) is 3.21. The Morgan fingerprint density at radius 2 is 2.05 bits per heavy atom. The van der Waals surface area contributed by atoms with E-state index in [2.05, 4.69) is 50.4 Å². The highest BCUT2D eigenvalue weighted by atomic mass is 32.1. The van der Waals surface area contributed by atoms with Gasteiger partial charge in [0, 0.05) is 29.8 Å². The summed E-state index contributed by atoms with van der Waals surface area (Å²) < 4.78 is 0. The van der Waals surface area contributed by atoms with Gasteiger partial charge in [-0.2, -0.15) is 0 Å². The molecular formula is C18H24N2S. The number of benzene rings is 1. The molecule has 0 radical (unpaired) electrons. The summed E-state index contributed by atoms with van der Waals surface area (Å²) >= 11 is 1.90. The molecule has 0 saturated heterocycles. The van der Waals surface area contributed by atoms with E-state index in [4.69, 9.17) is 4.98 Å². The molecular weight excluding hydrogens is 276 g/mol. The highest BCUT2D eigenvalue weighted by Crippen LogP contribution is 2.43. The smallest absolute Gasteiger partial charge is 0.0975 e. The van der Waals surface area contributed by atoms with E-state index in [-0.39, 0.29) is 0 Å². The molecule has 0 aliphatic heterocycles. The summed E-state index contributed by atoms with van der Waals surface area (Å²) in [5.41, 5.74) is 4.14. The molecule has 1 saturated carbocycles. The predicted molar refractivity (Wildman–Crippen MR) is 90.0 cm³/mol. The van der Waals surface area contributed by atoms with Gasteiger partial charge in [-0.1, -0.05) is 38.1 Å². The number of thiazole rings is 1. The van der Waals surface area contributed by atoms with Crippen molar-refractivity contribution in [2.75, 3.05) is 0 Å². The maximum absolute atomic E-state index is 4.97. The van der Waals surface area contributed by atoms with Crippen LogP contribution in [0, 0.1) is 6.92 Å². The zero-order valence-electron chi connectivity index (χ0n) is 13.1. The second-order valence-corrected chi connectivity index (χ2v) is 7.50. The number of hydrogen-bond donors (Lipinski definition) is 1. The molecule has 0 bridgehead atoms. The summed E-state index contributed by atoms with van der Waals surface area (Å²) in [5.74, 6) is 0.732. The first-order valence-corrected chi connectivity index (χ1v) is 8.71. The zero-order chi connectivity index (χ0) is 14.8. The van der Waals surface area contributed by atoms with Crippen molar-refractivity contribution in [1.29, 1.82) is 0 Å². The van der Waals surface area contributed by atoms with Gasteiger partial charge in [-0.3, -0.25) is 0 Å². The minimum absolute atomic E-state index is 0.527. The minimum Gasteiger partial charge on any atom is -0.310 e. The van der Waals surface area contributed by atoms with Crippen LogP contribution in [0.15, 0.2) is 24.3 Å². The minimum atomic E-state index is 0.527. The van der Waals surface area contributed by atoms with E-state index in [1.165, 1.54) is 39.5 Å². The fourth-order valence-electron chi connectivity index (χ4n) is 2.56. The van der Waals surface area contributed by atoms with Crippen LogP contribution >= 0.6 is 11.3 Å². The highest BCUT2D eigenvalue weighted by Gasteiger charge is 2.29. The molecule has 0 atom stereocenters. The Hall–Kier alpha value is -1.19. The number of hydrogen-bond acceptors (Lipinski definition) is 3. The van der Waals surface area contributed by atoms with Crippen LogP contribution in [-0.4, -0.2) is 11.0 Å². The van der Waals surface area contributed by atoms with Crippen LogP contribution in [0.1, 0.15) is 59.3 Å². The molecule has 1 fully saturated rings. The fraction of sp³-hybridized carbons (Fsp3) is 0.500. The monoisotopic (exact) mass is 300 g/mol. The molecule has 0 amide bonds. The number of aromatic nitrogens is 1. The molecule has 1 heterocycles. The maximum atomic E-state index is 4.97. The van der Waals surface area contributed by atoms with Gasteiger partial charge in [0.25, 0.3) is 0 Å². The average molecular weight is 300 g/mol. The van der Waals surface area contributed by atoms with E-state index in [1.807, 2.05) is 11.3 Å². The van der Waals surface area contributed by atoms with Gasteiger partial charge in [0.1, 0.15) is 0 Å². The first-order valence-electron chi connectivity index (χ1n) is 7.90. The standard InChI is InChI=1S/C18H24N2S/c1-12(2)19-11-16-18(14-8-9-14)20-17(21-16)10-15-7-5-4-6-13(15)3/h4-7,12,14,19H,8-11H2,1-3H3. The van der Waals surface area contributed by atoms with Crippen molar-refractivity contribution in [3.05, 3.63) is 51.0 Å². The third-order valence-corrected chi connectivity index (χ3v) is 5.08. The largest absolute Gasteiger partial charge is 0.310 e. The molecule has 21 heavy (non-hydrogen) atoms.